The molecule has 2 atom stereocenters. The smallest absolute Gasteiger partial charge is 0.109 e. The van der Waals surface area contributed by atoms with Gasteiger partial charge in [0.25, 0.3) is 0 Å². The Morgan fingerprint density at radius 3 is 2.90 bits per heavy atom. The van der Waals surface area contributed by atoms with Gasteiger partial charge >= 0.3 is 0 Å². The summed E-state index contributed by atoms with van der Waals surface area (Å²) < 4.78 is 2.31. The van der Waals surface area contributed by atoms with Crippen LogP contribution in [-0.2, 0) is 19.4 Å². The van der Waals surface area contributed by atoms with Gasteiger partial charge in [0, 0.05) is 38.4 Å². The van der Waals surface area contributed by atoms with E-state index in [1.165, 1.54) is 37.4 Å². The molecule has 1 N–H and O–H groups in total. The monoisotopic (exact) mass is 291 g/mol. The molecule has 0 amide bonds. The average Bonchev–Trinajstić information content (AvgIpc) is 2.88. The van der Waals surface area contributed by atoms with Gasteiger partial charge in [0.05, 0.1) is 5.69 Å². The molecule has 3 heterocycles. The van der Waals surface area contributed by atoms with Crippen molar-refractivity contribution in [1.82, 2.24) is 14.5 Å². The number of piperidine rings is 1. The third kappa shape index (κ3) is 3.49. The van der Waals surface area contributed by atoms with E-state index in [-0.39, 0.29) is 0 Å². The van der Waals surface area contributed by atoms with Gasteiger partial charge in [-0.2, -0.15) is 0 Å². The first-order valence-corrected chi connectivity index (χ1v) is 8.55. The van der Waals surface area contributed by atoms with Crippen molar-refractivity contribution in [2.75, 3.05) is 19.7 Å². The molecule has 1 aromatic rings. The van der Waals surface area contributed by atoms with Gasteiger partial charge in [0.15, 0.2) is 0 Å². The van der Waals surface area contributed by atoms with E-state index in [1.807, 2.05) is 0 Å². The van der Waals surface area contributed by atoms with Crippen molar-refractivity contribution >= 4 is 0 Å². The minimum atomic E-state index is 0.300. The Bertz CT molecular complexity index is 469. The maximum Gasteiger partial charge on any atom is 0.109 e. The fraction of sp³-hybridized carbons (Fsp3) is 0.824. The van der Waals surface area contributed by atoms with Gasteiger partial charge in [-0.1, -0.05) is 0 Å². The summed E-state index contributed by atoms with van der Waals surface area (Å²) in [5, 5.41) is 9.32. The predicted octanol–water partition coefficient (Wildman–Crippen LogP) is 2.10. The number of aliphatic hydroxyl groups excluding tert-OH is 1. The van der Waals surface area contributed by atoms with Gasteiger partial charge < -0.3 is 14.6 Å². The topological polar surface area (TPSA) is 41.3 Å². The second kappa shape index (κ2) is 6.49. The third-order valence-corrected chi connectivity index (χ3v) is 5.20. The van der Waals surface area contributed by atoms with Crippen LogP contribution in [0, 0.1) is 11.8 Å². The molecule has 118 valence electrons. The number of nitrogens with zero attached hydrogens (tertiary/aromatic N) is 3. The standard InChI is InChI=1S/C17H29N3O/c1-13(2)19-6-3-4-14(10-19)8-16-11-20-7-5-15(12-21)9-17(20)18-16/h11,13-15,21H,3-10,12H2,1-2H3. The van der Waals surface area contributed by atoms with E-state index in [2.05, 4.69) is 29.5 Å². The lowest BCUT2D eigenvalue weighted by molar-refractivity contribution is 0.139. The molecule has 21 heavy (non-hydrogen) atoms. The van der Waals surface area contributed by atoms with Crippen LogP contribution in [-0.4, -0.2) is 45.3 Å². The van der Waals surface area contributed by atoms with Gasteiger partial charge in [0.2, 0.25) is 0 Å². The van der Waals surface area contributed by atoms with Crippen LogP contribution in [0.5, 0.6) is 0 Å². The molecule has 1 saturated heterocycles. The highest BCUT2D eigenvalue weighted by Crippen LogP contribution is 2.24. The van der Waals surface area contributed by atoms with E-state index >= 15 is 0 Å². The fourth-order valence-corrected chi connectivity index (χ4v) is 3.83. The fourth-order valence-electron chi connectivity index (χ4n) is 3.83. The summed E-state index contributed by atoms with van der Waals surface area (Å²) in [6.07, 6.45) is 8.07. The molecule has 4 nitrogen and oxygen atoms in total. The maximum atomic E-state index is 9.32. The molecular formula is C17H29N3O. The Morgan fingerprint density at radius 1 is 1.29 bits per heavy atom. The molecule has 0 saturated carbocycles. The number of aryl methyl sites for hydroxylation is 1. The number of hydrogen-bond donors (Lipinski definition) is 1. The van der Waals surface area contributed by atoms with Crippen molar-refractivity contribution in [2.45, 2.75) is 58.5 Å². The van der Waals surface area contributed by atoms with E-state index in [0.29, 0.717) is 18.6 Å². The van der Waals surface area contributed by atoms with Gasteiger partial charge in [-0.25, -0.2) is 4.98 Å². The number of hydrogen-bond acceptors (Lipinski definition) is 3. The van der Waals surface area contributed by atoms with Gasteiger partial charge in [-0.05, 0) is 57.9 Å². The number of fused-ring (bicyclic) bond motifs is 1. The van der Waals surface area contributed by atoms with Crippen molar-refractivity contribution in [3.05, 3.63) is 17.7 Å². The Balaban J connectivity index is 1.62. The van der Waals surface area contributed by atoms with Crippen LogP contribution in [0.25, 0.3) is 0 Å². The van der Waals surface area contributed by atoms with E-state index in [9.17, 15) is 5.11 Å². The normalized spacial score (nSPS) is 27.0. The summed E-state index contributed by atoms with van der Waals surface area (Å²) in [5.74, 6) is 2.36. The van der Waals surface area contributed by atoms with Crippen molar-refractivity contribution < 1.29 is 5.11 Å². The van der Waals surface area contributed by atoms with Crippen LogP contribution in [0.1, 0.15) is 44.6 Å². The van der Waals surface area contributed by atoms with Crippen LogP contribution >= 0.6 is 0 Å². The highest BCUT2D eigenvalue weighted by molar-refractivity contribution is 5.08. The lowest BCUT2D eigenvalue weighted by Crippen LogP contribution is -2.40. The quantitative estimate of drug-likeness (QED) is 0.923. The van der Waals surface area contributed by atoms with Crippen LogP contribution in [0.3, 0.4) is 0 Å². The Kier molecular flexibility index (Phi) is 4.65. The molecule has 1 aromatic heterocycles. The highest BCUT2D eigenvalue weighted by Gasteiger charge is 2.24. The van der Waals surface area contributed by atoms with Gasteiger partial charge in [-0.3, -0.25) is 0 Å². The second-order valence-corrected chi connectivity index (χ2v) is 7.18. The molecule has 0 spiro atoms. The molecule has 3 rings (SSSR count). The zero-order valence-electron chi connectivity index (χ0n) is 13.5. The number of aliphatic hydroxyl groups is 1. The number of imidazole rings is 1. The molecular weight excluding hydrogens is 262 g/mol. The minimum Gasteiger partial charge on any atom is -0.396 e. The second-order valence-electron chi connectivity index (χ2n) is 7.18. The van der Waals surface area contributed by atoms with Gasteiger partial charge in [-0.15, -0.1) is 0 Å². The largest absolute Gasteiger partial charge is 0.396 e. The molecule has 0 aromatic carbocycles. The SMILES string of the molecule is CC(C)N1CCCC(Cc2cn3c(n2)CC(CO)CC3)C1. The van der Waals surface area contributed by atoms with Crippen molar-refractivity contribution in [3.63, 3.8) is 0 Å². The maximum absolute atomic E-state index is 9.32. The first kappa shape index (κ1) is 15.0. The van der Waals surface area contributed by atoms with E-state index in [4.69, 9.17) is 4.98 Å². The number of likely N-dealkylation sites (tertiary alicyclic amines) is 1. The van der Waals surface area contributed by atoms with Crippen LogP contribution in [0.4, 0.5) is 0 Å². The number of rotatable bonds is 4. The summed E-state index contributed by atoms with van der Waals surface area (Å²) in [5.41, 5.74) is 1.26. The lowest BCUT2D eigenvalue weighted by atomic mass is 9.93. The summed E-state index contributed by atoms with van der Waals surface area (Å²) in [7, 11) is 0. The molecule has 4 heteroatoms. The van der Waals surface area contributed by atoms with E-state index in [0.717, 1.165) is 31.7 Å². The Morgan fingerprint density at radius 2 is 2.14 bits per heavy atom. The zero-order valence-corrected chi connectivity index (χ0v) is 13.5. The summed E-state index contributed by atoms with van der Waals surface area (Å²) in [4.78, 5) is 7.45. The minimum absolute atomic E-state index is 0.300. The van der Waals surface area contributed by atoms with Gasteiger partial charge in [0.1, 0.15) is 5.82 Å². The average molecular weight is 291 g/mol. The van der Waals surface area contributed by atoms with Crippen molar-refractivity contribution in [2.24, 2.45) is 11.8 Å². The summed E-state index contributed by atoms with van der Waals surface area (Å²) in [6, 6.07) is 0.660. The van der Waals surface area contributed by atoms with Crippen LogP contribution in [0.15, 0.2) is 6.20 Å². The van der Waals surface area contributed by atoms with E-state index < -0.39 is 0 Å². The first-order chi connectivity index (χ1) is 10.2. The molecule has 2 unspecified atom stereocenters. The molecule has 0 bridgehead atoms. The molecule has 0 radical (unpaired) electrons. The lowest BCUT2D eigenvalue weighted by Gasteiger charge is -2.35. The highest BCUT2D eigenvalue weighted by atomic mass is 16.3. The predicted molar refractivity (Wildman–Crippen MR) is 84.3 cm³/mol. The molecule has 1 fully saturated rings. The first-order valence-electron chi connectivity index (χ1n) is 8.55. The molecule has 2 aliphatic rings. The summed E-state index contributed by atoms with van der Waals surface area (Å²) in [6.45, 7) is 8.40. The Labute approximate surface area is 128 Å². The molecule has 2 aliphatic heterocycles. The van der Waals surface area contributed by atoms with Crippen LogP contribution < -0.4 is 0 Å². The van der Waals surface area contributed by atoms with Crippen molar-refractivity contribution in [3.8, 4) is 0 Å². The summed E-state index contributed by atoms with van der Waals surface area (Å²) >= 11 is 0. The molecule has 0 aliphatic carbocycles. The zero-order chi connectivity index (χ0) is 14.8. The number of aromatic nitrogens is 2. The van der Waals surface area contributed by atoms with Crippen molar-refractivity contribution in [1.29, 1.82) is 0 Å². The Hall–Kier alpha value is -0.870. The van der Waals surface area contributed by atoms with Crippen LogP contribution in [0.2, 0.25) is 0 Å². The third-order valence-electron chi connectivity index (χ3n) is 5.20. The van der Waals surface area contributed by atoms with E-state index in [1.54, 1.807) is 0 Å².